The first-order chi connectivity index (χ1) is 12.7. The summed E-state index contributed by atoms with van der Waals surface area (Å²) in [5.74, 6) is -0.253. The number of amides is 1. The maximum Gasteiger partial charge on any atom is 0.255 e. The average molecular weight is 387 g/mol. The van der Waals surface area contributed by atoms with Crippen LogP contribution in [0.25, 0.3) is 0 Å². The van der Waals surface area contributed by atoms with Gasteiger partial charge in [0.1, 0.15) is 0 Å². The lowest BCUT2D eigenvalue weighted by Crippen LogP contribution is -2.27. The summed E-state index contributed by atoms with van der Waals surface area (Å²) in [5.41, 5.74) is 2.15. The Hall–Kier alpha value is -2.18. The van der Waals surface area contributed by atoms with E-state index in [1.165, 1.54) is 16.4 Å². The molecule has 0 aliphatic carbocycles. The van der Waals surface area contributed by atoms with Gasteiger partial charge in [0.15, 0.2) is 0 Å². The second-order valence-electron chi connectivity index (χ2n) is 7.89. The first-order valence-corrected chi connectivity index (χ1v) is 10.6. The molecule has 1 saturated heterocycles. The van der Waals surface area contributed by atoms with E-state index in [4.69, 9.17) is 0 Å². The number of hydrogen-bond acceptors (Lipinski definition) is 3. The molecule has 1 aliphatic heterocycles. The molecule has 1 heterocycles. The van der Waals surface area contributed by atoms with Crippen molar-refractivity contribution < 1.29 is 13.2 Å². The quantitative estimate of drug-likeness (QED) is 0.863. The number of nitrogens with one attached hydrogen (secondary N) is 1. The van der Waals surface area contributed by atoms with Crippen LogP contribution in [0.3, 0.4) is 0 Å². The van der Waals surface area contributed by atoms with Crippen molar-refractivity contribution >= 4 is 21.6 Å². The fraction of sp³-hybridized carbons (Fsp3) is 0.381. The summed E-state index contributed by atoms with van der Waals surface area (Å²) >= 11 is 0. The molecule has 5 nitrogen and oxygen atoms in total. The maximum atomic E-state index is 12.6. The van der Waals surface area contributed by atoms with Gasteiger partial charge in [0, 0.05) is 24.3 Å². The van der Waals surface area contributed by atoms with Gasteiger partial charge in [0.25, 0.3) is 5.91 Å². The number of para-hydroxylation sites is 1. The van der Waals surface area contributed by atoms with Crippen LogP contribution in [0.4, 0.5) is 5.69 Å². The van der Waals surface area contributed by atoms with Crippen LogP contribution in [0.15, 0.2) is 53.4 Å². The van der Waals surface area contributed by atoms with E-state index in [1.54, 1.807) is 12.1 Å². The third-order valence-electron chi connectivity index (χ3n) is 4.80. The van der Waals surface area contributed by atoms with Gasteiger partial charge in [-0.3, -0.25) is 4.79 Å². The Morgan fingerprint density at radius 3 is 2.15 bits per heavy atom. The Balaban J connectivity index is 1.79. The Kier molecular flexibility index (Phi) is 5.40. The minimum atomic E-state index is -3.46. The molecule has 0 spiro atoms. The van der Waals surface area contributed by atoms with Crippen molar-refractivity contribution in [1.82, 2.24) is 4.31 Å². The highest BCUT2D eigenvalue weighted by molar-refractivity contribution is 7.89. The van der Waals surface area contributed by atoms with Crippen molar-refractivity contribution in [1.29, 1.82) is 0 Å². The molecule has 2 aromatic rings. The molecule has 1 aliphatic rings. The number of nitrogens with zero attached hydrogens (tertiary/aromatic N) is 1. The SMILES string of the molecule is CC(C)(C)c1ccccc1NC(=O)c1ccc(S(=O)(=O)N2CCCC2)cc1. The Labute approximate surface area is 161 Å². The van der Waals surface area contributed by atoms with E-state index >= 15 is 0 Å². The number of sulfonamides is 1. The maximum absolute atomic E-state index is 12.6. The van der Waals surface area contributed by atoms with Gasteiger partial charge >= 0.3 is 0 Å². The summed E-state index contributed by atoms with van der Waals surface area (Å²) in [6, 6.07) is 13.9. The summed E-state index contributed by atoms with van der Waals surface area (Å²) in [5, 5.41) is 2.95. The second kappa shape index (κ2) is 7.44. The van der Waals surface area contributed by atoms with Crippen molar-refractivity contribution in [3.8, 4) is 0 Å². The average Bonchev–Trinajstić information content (AvgIpc) is 3.17. The molecule has 6 heteroatoms. The highest BCUT2D eigenvalue weighted by Crippen LogP contribution is 2.29. The van der Waals surface area contributed by atoms with Crippen molar-refractivity contribution in [3.05, 3.63) is 59.7 Å². The Morgan fingerprint density at radius 1 is 0.963 bits per heavy atom. The van der Waals surface area contributed by atoms with Crippen LogP contribution in [0.5, 0.6) is 0 Å². The van der Waals surface area contributed by atoms with Gasteiger partial charge in [-0.25, -0.2) is 8.42 Å². The van der Waals surface area contributed by atoms with E-state index in [2.05, 4.69) is 26.1 Å². The second-order valence-corrected chi connectivity index (χ2v) is 9.82. The van der Waals surface area contributed by atoms with Crippen LogP contribution in [0, 0.1) is 0 Å². The molecule has 0 saturated carbocycles. The highest BCUT2D eigenvalue weighted by Gasteiger charge is 2.27. The van der Waals surface area contributed by atoms with E-state index < -0.39 is 10.0 Å². The Bertz CT molecular complexity index is 923. The molecule has 1 fully saturated rings. The lowest BCUT2D eigenvalue weighted by atomic mass is 9.86. The molecular weight excluding hydrogens is 360 g/mol. The predicted molar refractivity (Wildman–Crippen MR) is 108 cm³/mol. The lowest BCUT2D eigenvalue weighted by molar-refractivity contribution is 0.102. The summed E-state index contributed by atoms with van der Waals surface area (Å²) in [4.78, 5) is 12.9. The lowest BCUT2D eigenvalue weighted by Gasteiger charge is -2.23. The number of carbonyl (C=O) groups is 1. The van der Waals surface area contributed by atoms with Gasteiger partial charge in [-0.1, -0.05) is 39.0 Å². The van der Waals surface area contributed by atoms with Crippen LogP contribution >= 0.6 is 0 Å². The van der Waals surface area contributed by atoms with Crippen molar-refractivity contribution in [2.45, 2.75) is 43.9 Å². The molecular formula is C21H26N2O3S. The van der Waals surface area contributed by atoms with E-state index in [-0.39, 0.29) is 16.2 Å². The number of hydrogen-bond donors (Lipinski definition) is 1. The summed E-state index contributed by atoms with van der Waals surface area (Å²) in [6.07, 6.45) is 1.79. The molecule has 0 aromatic heterocycles. The molecule has 3 rings (SSSR count). The molecule has 27 heavy (non-hydrogen) atoms. The molecule has 1 amide bonds. The zero-order valence-corrected chi connectivity index (χ0v) is 16.8. The van der Waals surface area contributed by atoms with Crippen LogP contribution in [-0.2, 0) is 15.4 Å². The highest BCUT2D eigenvalue weighted by atomic mass is 32.2. The fourth-order valence-corrected chi connectivity index (χ4v) is 4.81. The fourth-order valence-electron chi connectivity index (χ4n) is 3.30. The van der Waals surface area contributed by atoms with E-state index in [1.807, 2.05) is 24.3 Å². The van der Waals surface area contributed by atoms with Gasteiger partial charge < -0.3 is 5.32 Å². The van der Waals surface area contributed by atoms with Gasteiger partial charge in [-0.15, -0.1) is 0 Å². The van der Waals surface area contributed by atoms with E-state index in [0.29, 0.717) is 18.7 Å². The Morgan fingerprint density at radius 2 is 1.56 bits per heavy atom. The summed E-state index contributed by atoms with van der Waals surface area (Å²) < 4.78 is 26.7. The van der Waals surface area contributed by atoms with Crippen molar-refractivity contribution in [3.63, 3.8) is 0 Å². The first-order valence-electron chi connectivity index (χ1n) is 9.21. The summed E-state index contributed by atoms with van der Waals surface area (Å²) in [7, 11) is -3.46. The van der Waals surface area contributed by atoms with Crippen molar-refractivity contribution in [2.24, 2.45) is 0 Å². The van der Waals surface area contributed by atoms with E-state index in [0.717, 1.165) is 24.1 Å². The topological polar surface area (TPSA) is 66.5 Å². The molecule has 144 valence electrons. The van der Waals surface area contributed by atoms with Crippen LogP contribution in [0.1, 0.15) is 49.5 Å². The third-order valence-corrected chi connectivity index (χ3v) is 6.72. The zero-order chi connectivity index (χ0) is 19.7. The molecule has 0 radical (unpaired) electrons. The van der Waals surface area contributed by atoms with Gasteiger partial charge in [-0.05, 0) is 54.2 Å². The largest absolute Gasteiger partial charge is 0.322 e. The summed E-state index contributed by atoms with van der Waals surface area (Å²) in [6.45, 7) is 7.41. The number of benzene rings is 2. The van der Waals surface area contributed by atoms with Crippen LogP contribution in [0.2, 0.25) is 0 Å². The third kappa shape index (κ3) is 4.22. The molecule has 2 aromatic carbocycles. The molecule has 0 atom stereocenters. The van der Waals surface area contributed by atoms with Gasteiger partial charge in [0.2, 0.25) is 10.0 Å². The van der Waals surface area contributed by atoms with E-state index in [9.17, 15) is 13.2 Å². The first kappa shape index (κ1) is 19.6. The minimum Gasteiger partial charge on any atom is -0.322 e. The number of rotatable bonds is 4. The molecule has 0 bridgehead atoms. The molecule has 0 unspecified atom stereocenters. The standard InChI is InChI=1S/C21H26N2O3S/c1-21(2,3)18-8-4-5-9-19(18)22-20(24)16-10-12-17(13-11-16)27(25,26)23-14-6-7-15-23/h4-5,8-13H,6-7,14-15H2,1-3H3,(H,22,24). The van der Waals surface area contributed by atoms with Crippen LogP contribution < -0.4 is 5.32 Å². The van der Waals surface area contributed by atoms with Gasteiger partial charge in [-0.2, -0.15) is 4.31 Å². The predicted octanol–water partition coefficient (Wildman–Crippen LogP) is 4.02. The van der Waals surface area contributed by atoms with Crippen molar-refractivity contribution in [2.75, 3.05) is 18.4 Å². The minimum absolute atomic E-state index is 0.0997. The molecule has 1 N–H and O–H groups in total. The zero-order valence-electron chi connectivity index (χ0n) is 16.0. The number of carbonyl (C=O) groups excluding carboxylic acids is 1. The monoisotopic (exact) mass is 386 g/mol. The normalized spacial score (nSPS) is 15.7. The van der Waals surface area contributed by atoms with Gasteiger partial charge in [0.05, 0.1) is 4.90 Å². The number of anilines is 1. The van der Waals surface area contributed by atoms with Crippen LogP contribution in [-0.4, -0.2) is 31.7 Å². The smallest absolute Gasteiger partial charge is 0.255 e.